The molecule has 1 rings (SSSR count). The molecule has 1 aromatic carbocycles. The monoisotopic (exact) mass is 230 g/mol. The van der Waals surface area contributed by atoms with Crippen molar-refractivity contribution in [1.29, 1.82) is 0 Å². The Morgan fingerprint density at radius 1 is 1.50 bits per heavy atom. The lowest BCUT2D eigenvalue weighted by atomic mass is 10.2. The second kappa shape index (κ2) is 5.53. The molecule has 0 saturated carbocycles. The molecule has 0 saturated heterocycles. The average molecular weight is 230 g/mol. The van der Waals surface area contributed by atoms with Crippen LogP contribution in [0.3, 0.4) is 0 Å². The molecule has 0 aliphatic carbocycles. The minimum atomic E-state index is -0.931. The Bertz CT molecular complexity index is 361. The highest BCUT2D eigenvalue weighted by Gasteiger charge is 2.19. The Morgan fingerprint density at radius 3 is 2.50 bits per heavy atom. The first-order valence-electron chi connectivity index (χ1n) is 4.58. The summed E-state index contributed by atoms with van der Waals surface area (Å²) in [4.78, 5) is 11.4. The molecule has 4 nitrogen and oxygen atoms in total. The van der Waals surface area contributed by atoms with E-state index in [9.17, 15) is 13.6 Å². The number of anilines is 1. The molecule has 0 aliphatic rings. The number of para-hydroxylation sites is 1. The highest BCUT2D eigenvalue weighted by Crippen LogP contribution is 2.18. The second-order valence-corrected chi connectivity index (χ2v) is 3.05. The molecular weight excluding hydrogens is 218 g/mol. The number of carbonyl (C=O) groups excluding carboxylic acids is 1. The molecule has 1 aromatic rings. The summed E-state index contributed by atoms with van der Waals surface area (Å²) in [5, 5.41) is 2.09. The van der Waals surface area contributed by atoms with Gasteiger partial charge in [-0.15, -0.1) is 0 Å². The maximum absolute atomic E-state index is 13.2. The lowest BCUT2D eigenvalue weighted by Crippen LogP contribution is -2.36. The van der Waals surface area contributed by atoms with Crippen LogP contribution in [-0.2, 0) is 9.53 Å². The number of hydrogen-bond acceptors (Lipinski definition) is 3. The zero-order chi connectivity index (χ0) is 12.1. The van der Waals surface area contributed by atoms with Gasteiger partial charge in [0.1, 0.15) is 23.4 Å². The lowest BCUT2D eigenvalue weighted by Gasteiger charge is -2.13. The number of hydrogen-bond donors (Lipinski definition) is 2. The fourth-order valence-corrected chi connectivity index (χ4v) is 1.13. The maximum atomic E-state index is 13.2. The van der Waals surface area contributed by atoms with Gasteiger partial charge < -0.3 is 15.8 Å². The van der Waals surface area contributed by atoms with E-state index in [4.69, 9.17) is 10.5 Å². The molecule has 0 aliphatic heterocycles. The van der Waals surface area contributed by atoms with Gasteiger partial charge in [0.2, 0.25) is 0 Å². The Balaban J connectivity index is 2.84. The van der Waals surface area contributed by atoms with Crippen LogP contribution in [0.4, 0.5) is 14.5 Å². The van der Waals surface area contributed by atoms with Crippen LogP contribution in [0.5, 0.6) is 0 Å². The number of nitrogens with two attached hydrogens (primary N) is 1. The normalized spacial score (nSPS) is 12.2. The number of amides is 1. The number of benzene rings is 1. The highest BCUT2D eigenvalue weighted by molar-refractivity contribution is 5.94. The van der Waals surface area contributed by atoms with Gasteiger partial charge in [-0.3, -0.25) is 4.79 Å². The molecule has 16 heavy (non-hydrogen) atoms. The molecule has 0 heterocycles. The highest BCUT2D eigenvalue weighted by atomic mass is 19.1. The largest absolute Gasteiger partial charge is 0.370 e. The van der Waals surface area contributed by atoms with Gasteiger partial charge in [0, 0.05) is 13.7 Å². The number of halogens is 2. The summed E-state index contributed by atoms with van der Waals surface area (Å²) in [7, 11) is 1.29. The fourth-order valence-electron chi connectivity index (χ4n) is 1.13. The predicted molar refractivity (Wildman–Crippen MR) is 54.8 cm³/mol. The van der Waals surface area contributed by atoms with E-state index in [1.165, 1.54) is 13.2 Å². The molecule has 0 bridgehead atoms. The first-order chi connectivity index (χ1) is 7.60. The van der Waals surface area contributed by atoms with Crippen molar-refractivity contribution in [3.05, 3.63) is 29.8 Å². The third-order valence-corrected chi connectivity index (χ3v) is 2.00. The Morgan fingerprint density at radius 2 is 2.06 bits per heavy atom. The number of nitrogens with one attached hydrogen (secondary N) is 1. The molecule has 3 N–H and O–H groups in total. The molecule has 88 valence electrons. The van der Waals surface area contributed by atoms with E-state index in [1.807, 2.05) is 0 Å². The second-order valence-electron chi connectivity index (χ2n) is 3.05. The van der Waals surface area contributed by atoms with Gasteiger partial charge in [-0.1, -0.05) is 6.07 Å². The van der Waals surface area contributed by atoms with E-state index in [1.54, 1.807) is 0 Å². The summed E-state index contributed by atoms with van der Waals surface area (Å²) in [5.41, 5.74) is 4.74. The zero-order valence-corrected chi connectivity index (χ0v) is 8.67. The predicted octanol–water partition coefficient (Wildman–Crippen LogP) is 0.877. The van der Waals surface area contributed by atoms with E-state index in [-0.39, 0.29) is 6.54 Å². The van der Waals surface area contributed by atoms with Crippen LogP contribution in [0.1, 0.15) is 0 Å². The third kappa shape index (κ3) is 2.74. The summed E-state index contributed by atoms with van der Waals surface area (Å²) >= 11 is 0. The molecule has 1 unspecified atom stereocenters. The number of carbonyl (C=O) groups is 1. The van der Waals surface area contributed by atoms with Crippen molar-refractivity contribution in [2.75, 3.05) is 19.0 Å². The van der Waals surface area contributed by atoms with Gasteiger partial charge in [0.15, 0.2) is 0 Å². The van der Waals surface area contributed by atoms with Crippen LogP contribution in [0.15, 0.2) is 18.2 Å². The van der Waals surface area contributed by atoms with E-state index in [0.717, 1.165) is 12.1 Å². The molecule has 1 atom stereocenters. The number of ether oxygens (including phenoxy) is 1. The van der Waals surface area contributed by atoms with Crippen LogP contribution in [0, 0.1) is 11.6 Å². The van der Waals surface area contributed by atoms with Crippen LogP contribution < -0.4 is 11.1 Å². The van der Waals surface area contributed by atoms with Gasteiger partial charge in [-0.2, -0.15) is 0 Å². The average Bonchev–Trinajstić information content (AvgIpc) is 2.25. The van der Waals surface area contributed by atoms with E-state index in [2.05, 4.69) is 5.32 Å². The van der Waals surface area contributed by atoms with Gasteiger partial charge in [-0.05, 0) is 12.1 Å². The van der Waals surface area contributed by atoms with Crippen molar-refractivity contribution >= 4 is 11.6 Å². The summed E-state index contributed by atoms with van der Waals surface area (Å²) in [6.45, 7) is -0.0710. The number of methoxy groups -OCH3 is 1. The minimum Gasteiger partial charge on any atom is -0.370 e. The third-order valence-electron chi connectivity index (χ3n) is 2.00. The molecular formula is C10H12F2N2O2. The standard InChI is InChI=1S/C10H12F2N2O2/c1-16-8(5-13)10(15)14-9-6(11)3-2-4-7(9)12/h2-4,8H,5,13H2,1H3,(H,14,15). The van der Waals surface area contributed by atoms with Crippen LogP contribution in [0.2, 0.25) is 0 Å². The first kappa shape index (κ1) is 12.5. The van der Waals surface area contributed by atoms with Crippen molar-refractivity contribution in [3.8, 4) is 0 Å². The topological polar surface area (TPSA) is 64.3 Å². The number of rotatable bonds is 4. The SMILES string of the molecule is COC(CN)C(=O)Nc1c(F)cccc1F. The quantitative estimate of drug-likeness (QED) is 0.806. The summed E-state index contributed by atoms with van der Waals surface area (Å²) < 4.78 is 31.0. The lowest BCUT2D eigenvalue weighted by molar-refractivity contribution is -0.125. The Kier molecular flexibility index (Phi) is 4.33. The van der Waals surface area contributed by atoms with E-state index in [0.29, 0.717) is 0 Å². The van der Waals surface area contributed by atoms with Crippen molar-refractivity contribution < 1.29 is 18.3 Å². The molecule has 0 radical (unpaired) electrons. The molecule has 0 aromatic heterocycles. The van der Waals surface area contributed by atoms with Crippen LogP contribution in [0.25, 0.3) is 0 Å². The van der Waals surface area contributed by atoms with E-state index >= 15 is 0 Å². The van der Waals surface area contributed by atoms with Gasteiger partial charge in [-0.25, -0.2) is 8.78 Å². The Hall–Kier alpha value is -1.53. The van der Waals surface area contributed by atoms with Crippen LogP contribution in [-0.4, -0.2) is 25.7 Å². The van der Waals surface area contributed by atoms with Crippen molar-refractivity contribution in [2.24, 2.45) is 5.73 Å². The first-order valence-corrected chi connectivity index (χ1v) is 4.58. The summed E-state index contributed by atoms with van der Waals surface area (Å²) in [6, 6.07) is 3.29. The van der Waals surface area contributed by atoms with Crippen molar-refractivity contribution in [1.82, 2.24) is 0 Å². The van der Waals surface area contributed by atoms with Gasteiger partial charge >= 0.3 is 0 Å². The Labute approximate surface area is 91.4 Å². The molecule has 0 fully saturated rings. The molecule has 0 spiro atoms. The van der Waals surface area contributed by atoms with Gasteiger partial charge in [0.05, 0.1) is 0 Å². The smallest absolute Gasteiger partial charge is 0.254 e. The fraction of sp³-hybridized carbons (Fsp3) is 0.300. The maximum Gasteiger partial charge on any atom is 0.254 e. The molecule has 1 amide bonds. The zero-order valence-electron chi connectivity index (χ0n) is 8.67. The van der Waals surface area contributed by atoms with Crippen molar-refractivity contribution in [3.63, 3.8) is 0 Å². The molecule has 6 heteroatoms. The van der Waals surface area contributed by atoms with E-state index < -0.39 is 29.3 Å². The summed E-state index contributed by atoms with van der Waals surface area (Å²) in [6.07, 6.45) is -0.931. The summed E-state index contributed by atoms with van der Waals surface area (Å²) in [5.74, 6) is -2.38. The van der Waals surface area contributed by atoms with Crippen LogP contribution >= 0.6 is 0 Å². The van der Waals surface area contributed by atoms with Crippen molar-refractivity contribution in [2.45, 2.75) is 6.10 Å². The minimum absolute atomic E-state index is 0.0710. The van der Waals surface area contributed by atoms with Gasteiger partial charge in [0.25, 0.3) is 5.91 Å².